The summed E-state index contributed by atoms with van der Waals surface area (Å²) in [6, 6.07) is 0. The van der Waals surface area contributed by atoms with E-state index in [9.17, 15) is 19.2 Å². The van der Waals surface area contributed by atoms with Gasteiger partial charge in [0.1, 0.15) is 6.61 Å². The largest absolute Gasteiger partial charge is 0.469 e. The molecular formula is C23H34O8S. The number of hydrogen-bond donors (Lipinski definition) is 0. The van der Waals surface area contributed by atoms with Crippen molar-refractivity contribution in [1.82, 2.24) is 0 Å². The van der Waals surface area contributed by atoms with Crippen molar-refractivity contribution < 1.29 is 38.1 Å². The highest BCUT2D eigenvalue weighted by Crippen LogP contribution is 2.39. The summed E-state index contributed by atoms with van der Waals surface area (Å²) in [7, 11) is 1.25. The average molecular weight is 471 g/mol. The zero-order valence-electron chi connectivity index (χ0n) is 19.9. The molecule has 9 heteroatoms. The number of cyclic esters (lactones) is 1. The van der Waals surface area contributed by atoms with Crippen molar-refractivity contribution in [2.75, 3.05) is 19.5 Å². The van der Waals surface area contributed by atoms with Crippen molar-refractivity contribution in [3.63, 3.8) is 0 Å². The number of hydrogen-bond acceptors (Lipinski definition) is 9. The van der Waals surface area contributed by atoms with Gasteiger partial charge in [0, 0.05) is 17.9 Å². The molecule has 0 aromatic heterocycles. The first-order valence-corrected chi connectivity index (χ1v) is 11.5. The molecule has 1 aliphatic rings. The Balaban J connectivity index is 3.10. The lowest BCUT2D eigenvalue weighted by molar-refractivity contribution is -0.155. The smallest absolute Gasteiger partial charge is 0.344 e. The van der Waals surface area contributed by atoms with Crippen LogP contribution in [0.5, 0.6) is 0 Å². The van der Waals surface area contributed by atoms with Gasteiger partial charge in [0.05, 0.1) is 13.5 Å². The van der Waals surface area contributed by atoms with Gasteiger partial charge in [-0.3, -0.25) is 9.59 Å². The van der Waals surface area contributed by atoms with E-state index in [1.807, 2.05) is 34.6 Å². The van der Waals surface area contributed by atoms with Crippen LogP contribution in [-0.4, -0.2) is 54.4 Å². The van der Waals surface area contributed by atoms with E-state index in [4.69, 9.17) is 14.2 Å². The SMILES string of the molecule is CCSC(=O)C/C(C)=C\C/C(=C\C(=O)OCCC(=O)OC)[C@@]1(C)O[C@H](C(C)(C)C)OC1=O. The summed E-state index contributed by atoms with van der Waals surface area (Å²) in [6.07, 6.45) is 2.56. The first-order valence-electron chi connectivity index (χ1n) is 10.5. The van der Waals surface area contributed by atoms with Crippen LogP contribution in [0.4, 0.5) is 0 Å². The molecule has 8 nitrogen and oxygen atoms in total. The molecule has 0 bridgehead atoms. The van der Waals surface area contributed by atoms with Crippen LogP contribution in [0.15, 0.2) is 23.3 Å². The van der Waals surface area contributed by atoms with Crippen LogP contribution < -0.4 is 0 Å². The fourth-order valence-corrected chi connectivity index (χ4v) is 3.42. The fraction of sp³-hybridized carbons (Fsp3) is 0.652. The minimum Gasteiger partial charge on any atom is -0.469 e. The summed E-state index contributed by atoms with van der Waals surface area (Å²) < 4.78 is 21.0. The average Bonchev–Trinajstić information content (AvgIpc) is 3.01. The number of allylic oxidation sites excluding steroid dienone is 2. The second-order valence-corrected chi connectivity index (χ2v) is 9.98. The predicted molar refractivity (Wildman–Crippen MR) is 121 cm³/mol. The van der Waals surface area contributed by atoms with Crippen LogP contribution in [0, 0.1) is 5.41 Å². The van der Waals surface area contributed by atoms with Gasteiger partial charge in [-0.05, 0) is 31.6 Å². The molecule has 1 saturated heterocycles. The predicted octanol–water partition coefficient (Wildman–Crippen LogP) is 3.73. The second kappa shape index (κ2) is 12.2. The lowest BCUT2D eigenvalue weighted by Crippen LogP contribution is -2.37. The molecule has 180 valence electrons. The summed E-state index contributed by atoms with van der Waals surface area (Å²) in [6.45, 7) is 10.8. The summed E-state index contributed by atoms with van der Waals surface area (Å²) in [5.41, 5.74) is -0.802. The third-order valence-corrected chi connectivity index (χ3v) is 5.49. The summed E-state index contributed by atoms with van der Waals surface area (Å²) in [5.74, 6) is -1.13. The number of ether oxygens (including phenoxy) is 4. The molecule has 0 amide bonds. The van der Waals surface area contributed by atoms with Gasteiger partial charge < -0.3 is 18.9 Å². The molecule has 1 aliphatic heterocycles. The monoisotopic (exact) mass is 470 g/mol. The van der Waals surface area contributed by atoms with Crippen molar-refractivity contribution in [3.8, 4) is 0 Å². The van der Waals surface area contributed by atoms with E-state index in [1.165, 1.54) is 24.9 Å². The highest BCUT2D eigenvalue weighted by atomic mass is 32.2. The van der Waals surface area contributed by atoms with Crippen LogP contribution in [0.1, 0.15) is 60.8 Å². The Labute approximate surface area is 194 Å². The molecule has 0 aliphatic carbocycles. The summed E-state index contributed by atoms with van der Waals surface area (Å²) >= 11 is 1.24. The third kappa shape index (κ3) is 8.43. The van der Waals surface area contributed by atoms with Crippen molar-refractivity contribution in [2.24, 2.45) is 5.41 Å². The van der Waals surface area contributed by atoms with E-state index in [1.54, 1.807) is 13.0 Å². The Morgan fingerprint density at radius 3 is 2.44 bits per heavy atom. The molecule has 0 unspecified atom stereocenters. The molecule has 0 aromatic rings. The van der Waals surface area contributed by atoms with E-state index >= 15 is 0 Å². The quantitative estimate of drug-likeness (QED) is 0.204. The van der Waals surface area contributed by atoms with Crippen LogP contribution in [0.3, 0.4) is 0 Å². The molecular weight excluding hydrogens is 436 g/mol. The molecule has 0 radical (unpaired) electrons. The Hall–Kier alpha value is -2.13. The van der Waals surface area contributed by atoms with Crippen LogP contribution >= 0.6 is 11.8 Å². The number of methoxy groups -OCH3 is 1. The maximum absolute atomic E-state index is 12.7. The Bertz CT molecular complexity index is 777. The number of carbonyl (C=O) groups excluding carboxylic acids is 4. The minimum absolute atomic E-state index is 0.0459. The molecule has 1 rings (SSSR count). The van der Waals surface area contributed by atoms with Crippen LogP contribution in [0.25, 0.3) is 0 Å². The van der Waals surface area contributed by atoms with Crippen LogP contribution in [0.2, 0.25) is 0 Å². The van der Waals surface area contributed by atoms with Gasteiger partial charge in [-0.2, -0.15) is 0 Å². The Kier molecular flexibility index (Phi) is 10.6. The first-order chi connectivity index (χ1) is 14.8. The maximum atomic E-state index is 12.7. The Morgan fingerprint density at radius 1 is 1.25 bits per heavy atom. The van der Waals surface area contributed by atoms with Crippen molar-refractivity contribution in [1.29, 1.82) is 0 Å². The molecule has 0 N–H and O–H groups in total. The highest BCUT2D eigenvalue weighted by molar-refractivity contribution is 8.13. The lowest BCUT2D eigenvalue weighted by atomic mass is 9.91. The van der Waals surface area contributed by atoms with Gasteiger partial charge in [0.2, 0.25) is 6.29 Å². The topological polar surface area (TPSA) is 105 Å². The van der Waals surface area contributed by atoms with Crippen molar-refractivity contribution >= 4 is 34.8 Å². The molecule has 1 fully saturated rings. The van der Waals surface area contributed by atoms with E-state index in [2.05, 4.69) is 4.74 Å². The van der Waals surface area contributed by atoms with Crippen LogP contribution in [-0.2, 0) is 38.1 Å². The van der Waals surface area contributed by atoms with Crippen molar-refractivity contribution in [3.05, 3.63) is 23.3 Å². The Morgan fingerprint density at radius 2 is 1.91 bits per heavy atom. The normalized spacial score (nSPS) is 21.8. The highest BCUT2D eigenvalue weighted by Gasteiger charge is 2.52. The first kappa shape index (κ1) is 27.9. The molecule has 1 heterocycles. The third-order valence-electron chi connectivity index (χ3n) is 4.74. The van der Waals surface area contributed by atoms with Gasteiger partial charge in [-0.1, -0.05) is 51.1 Å². The second-order valence-electron chi connectivity index (χ2n) is 8.65. The number of thioether (sulfide) groups is 1. The lowest BCUT2D eigenvalue weighted by Gasteiger charge is -2.27. The molecule has 0 spiro atoms. The maximum Gasteiger partial charge on any atom is 0.344 e. The van der Waals surface area contributed by atoms with Gasteiger partial charge in [0.25, 0.3) is 0 Å². The molecule has 0 aromatic carbocycles. The van der Waals surface area contributed by atoms with Gasteiger partial charge >= 0.3 is 17.9 Å². The minimum atomic E-state index is -1.49. The fourth-order valence-electron chi connectivity index (χ4n) is 2.76. The van der Waals surface area contributed by atoms with E-state index in [0.29, 0.717) is 11.3 Å². The molecule has 32 heavy (non-hydrogen) atoms. The number of esters is 3. The van der Waals surface area contributed by atoms with Gasteiger partial charge in [-0.25, -0.2) is 9.59 Å². The zero-order valence-corrected chi connectivity index (χ0v) is 20.8. The molecule has 2 atom stereocenters. The summed E-state index contributed by atoms with van der Waals surface area (Å²) in [5, 5.41) is 0.0459. The number of rotatable bonds is 10. The van der Waals surface area contributed by atoms with Gasteiger partial charge in [0.15, 0.2) is 10.7 Å². The van der Waals surface area contributed by atoms with Gasteiger partial charge in [-0.15, -0.1) is 0 Å². The van der Waals surface area contributed by atoms with E-state index < -0.39 is 35.2 Å². The zero-order chi connectivity index (χ0) is 24.5. The standard InChI is InChI=1S/C23H34O8S/c1-8-32-19(26)13-15(2)9-10-16(14-18(25)29-12-11-17(24)28-7)23(6)20(27)30-21(31-23)22(3,4)5/h9,14,21H,8,10-13H2,1-7H3/b15-9-,16-14+/t21-,23-/m1/s1. The number of carbonyl (C=O) groups is 4. The van der Waals surface area contributed by atoms with Crippen molar-refractivity contribution in [2.45, 2.75) is 72.7 Å². The van der Waals surface area contributed by atoms with E-state index in [0.717, 1.165) is 5.57 Å². The van der Waals surface area contributed by atoms with E-state index in [-0.39, 0.29) is 31.0 Å². The summed E-state index contributed by atoms with van der Waals surface area (Å²) in [4.78, 5) is 48.2. The molecule has 0 saturated carbocycles.